The maximum atomic E-state index is 12.2. The second kappa shape index (κ2) is 5.36. The number of aromatic nitrogens is 2. The molecule has 0 unspecified atom stereocenters. The number of carbonyl (C=O) groups excluding carboxylic acids is 1. The summed E-state index contributed by atoms with van der Waals surface area (Å²) in [6, 6.07) is 7.26. The van der Waals surface area contributed by atoms with Crippen molar-refractivity contribution in [2.45, 2.75) is 26.7 Å². The van der Waals surface area contributed by atoms with Crippen LogP contribution in [0.2, 0.25) is 0 Å². The Balaban J connectivity index is 2.24. The van der Waals surface area contributed by atoms with E-state index in [0.717, 1.165) is 11.3 Å². The quantitative estimate of drug-likeness (QED) is 0.844. The minimum atomic E-state index is -0.221. The van der Waals surface area contributed by atoms with Crippen LogP contribution in [0.25, 0.3) is 0 Å². The Labute approximate surface area is 118 Å². The van der Waals surface area contributed by atoms with E-state index >= 15 is 0 Å². The number of carbonyl (C=O) groups is 1. The average Bonchev–Trinajstić information content (AvgIpc) is 2.76. The lowest BCUT2D eigenvalue weighted by Gasteiger charge is -2.07. The number of benzene rings is 1. The largest absolute Gasteiger partial charge is 0.399 e. The molecule has 0 aliphatic carbocycles. The number of hydrogen-bond acceptors (Lipinski definition) is 3. The SMILES string of the molecule is Cc1ccc(N)cc1NC(=O)c1cc(C(C)C)n(C)n1. The van der Waals surface area contributed by atoms with E-state index in [1.165, 1.54) is 0 Å². The Morgan fingerprint density at radius 3 is 2.65 bits per heavy atom. The molecule has 1 aromatic carbocycles. The minimum Gasteiger partial charge on any atom is -0.399 e. The molecule has 3 N–H and O–H groups in total. The van der Waals surface area contributed by atoms with Crippen molar-refractivity contribution >= 4 is 17.3 Å². The Morgan fingerprint density at radius 1 is 1.35 bits per heavy atom. The van der Waals surface area contributed by atoms with Gasteiger partial charge in [-0.1, -0.05) is 19.9 Å². The Hall–Kier alpha value is -2.30. The molecule has 0 aliphatic heterocycles. The fraction of sp³-hybridized carbons (Fsp3) is 0.333. The molecule has 0 bridgehead atoms. The number of nitrogens with zero attached hydrogens (tertiary/aromatic N) is 2. The number of nitrogen functional groups attached to an aromatic ring is 1. The Bertz CT molecular complexity index is 643. The van der Waals surface area contributed by atoms with E-state index < -0.39 is 0 Å². The topological polar surface area (TPSA) is 72.9 Å². The van der Waals surface area contributed by atoms with E-state index in [4.69, 9.17) is 5.73 Å². The zero-order chi connectivity index (χ0) is 14.9. The molecule has 0 aliphatic rings. The molecule has 1 amide bonds. The molecule has 0 radical (unpaired) electrons. The van der Waals surface area contributed by atoms with Crippen LogP contribution in [0.3, 0.4) is 0 Å². The van der Waals surface area contributed by atoms with Gasteiger partial charge in [-0.15, -0.1) is 0 Å². The van der Waals surface area contributed by atoms with E-state index in [1.54, 1.807) is 10.7 Å². The molecule has 20 heavy (non-hydrogen) atoms. The van der Waals surface area contributed by atoms with Gasteiger partial charge in [0.2, 0.25) is 0 Å². The summed E-state index contributed by atoms with van der Waals surface area (Å²) in [5, 5.41) is 7.11. The maximum Gasteiger partial charge on any atom is 0.276 e. The maximum absolute atomic E-state index is 12.2. The lowest BCUT2D eigenvalue weighted by molar-refractivity contribution is 0.102. The van der Waals surface area contributed by atoms with Crippen molar-refractivity contribution in [1.29, 1.82) is 0 Å². The summed E-state index contributed by atoms with van der Waals surface area (Å²) < 4.78 is 1.74. The van der Waals surface area contributed by atoms with Crippen LogP contribution < -0.4 is 11.1 Å². The number of hydrogen-bond donors (Lipinski definition) is 2. The summed E-state index contributed by atoms with van der Waals surface area (Å²) in [4.78, 5) is 12.2. The molecule has 1 heterocycles. The van der Waals surface area contributed by atoms with Crippen molar-refractivity contribution in [3.8, 4) is 0 Å². The van der Waals surface area contributed by atoms with Gasteiger partial charge in [0.05, 0.1) is 0 Å². The molecule has 1 aromatic heterocycles. The first kappa shape index (κ1) is 14.1. The minimum absolute atomic E-state index is 0.221. The molecular formula is C15H20N4O. The molecular weight excluding hydrogens is 252 g/mol. The summed E-state index contributed by atoms with van der Waals surface area (Å²) in [6.07, 6.45) is 0. The third-order valence-electron chi connectivity index (χ3n) is 3.25. The summed E-state index contributed by atoms with van der Waals surface area (Å²) >= 11 is 0. The average molecular weight is 272 g/mol. The van der Waals surface area contributed by atoms with Gasteiger partial charge in [-0.05, 0) is 36.6 Å². The van der Waals surface area contributed by atoms with Crippen LogP contribution >= 0.6 is 0 Å². The molecule has 5 heteroatoms. The van der Waals surface area contributed by atoms with Gasteiger partial charge in [0.25, 0.3) is 5.91 Å². The van der Waals surface area contributed by atoms with Crippen LogP contribution in [-0.4, -0.2) is 15.7 Å². The number of rotatable bonds is 3. The lowest BCUT2D eigenvalue weighted by atomic mass is 10.1. The Morgan fingerprint density at radius 2 is 2.05 bits per heavy atom. The first-order chi connectivity index (χ1) is 9.38. The lowest BCUT2D eigenvalue weighted by Crippen LogP contribution is -2.14. The van der Waals surface area contributed by atoms with Crippen molar-refractivity contribution in [2.24, 2.45) is 7.05 Å². The second-order valence-corrected chi connectivity index (χ2v) is 5.26. The third kappa shape index (κ3) is 2.82. The molecule has 0 saturated heterocycles. The van der Waals surface area contributed by atoms with Crippen molar-refractivity contribution in [3.63, 3.8) is 0 Å². The number of amides is 1. The number of nitrogens with one attached hydrogen (secondary N) is 1. The first-order valence-corrected chi connectivity index (χ1v) is 6.60. The standard InChI is InChI=1S/C15H20N4O/c1-9(2)14-8-13(18-19(14)4)15(20)17-12-7-11(16)6-5-10(12)3/h5-9H,16H2,1-4H3,(H,17,20). The number of aryl methyl sites for hydroxylation is 2. The monoisotopic (exact) mass is 272 g/mol. The van der Waals surface area contributed by atoms with Crippen LogP contribution in [0.15, 0.2) is 24.3 Å². The predicted octanol–water partition coefficient (Wildman–Crippen LogP) is 2.69. The highest BCUT2D eigenvalue weighted by atomic mass is 16.1. The van der Waals surface area contributed by atoms with Crippen LogP contribution in [0.4, 0.5) is 11.4 Å². The van der Waals surface area contributed by atoms with Gasteiger partial charge in [-0.25, -0.2) is 0 Å². The van der Waals surface area contributed by atoms with Gasteiger partial charge < -0.3 is 11.1 Å². The zero-order valence-corrected chi connectivity index (χ0v) is 12.3. The van der Waals surface area contributed by atoms with Crippen LogP contribution in [0.1, 0.15) is 41.5 Å². The molecule has 0 atom stereocenters. The normalized spacial score (nSPS) is 10.8. The molecule has 5 nitrogen and oxygen atoms in total. The zero-order valence-electron chi connectivity index (χ0n) is 12.3. The molecule has 0 fully saturated rings. The van der Waals surface area contributed by atoms with Crippen molar-refractivity contribution in [3.05, 3.63) is 41.2 Å². The highest BCUT2D eigenvalue weighted by Crippen LogP contribution is 2.20. The third-order valence-corrected chi connectivity index (χ3v) is 3.25. The van der Waals surface area contributed by atoms with E-state index in [-0.39, 0.29) is 5.91 Å². The fourth-order valence-corrected chi connectivity index (χ4v) is 2.09. The van der Waals surface area contributed by atoms with Crippen molar-refractivity contribution in [2.75, 3.05) is 11.1 Å². The Kier molecular flexibility index (Phi) is 3.79. The van der Waals surface area contributed by atoms with Gasteiger partial charge in [-0.2, -0.15) is 5.10 Å². The summed E-state index contributed by atoms with van der Waals surface area (Å²) in [7, 11) is 1.85. The van der Waals surface area contributed by atoms with Gasteiger partial charge in [0.15, 0.2) is 5.69 Å². The molecule has 2 rings (SSSR count). The van der Waals surface area contributed by atoms with E-state index in [9.17, 15) is 4.79 Å². The van der Waals surface area contributed by atoms with Crippen molar-refractivity contribution in [1.82, 2.24) is 9.78 Å². The van der Waals surface area contributed by atoms with E-state index in [2.05, 4.69) is 24.3 Å². The summed E-state index contributed by atoms with van der Waals surface area (Å²) in [6.45, 7) is 6.06. The van der Waals surface area contributed by atoms with E-state index in [0.29, 0.717) is 23.0 Å². The van der Waals surface area contributed by atoms with Gasteiger partial charge in [0.1, 0.15) is 0 Å². The van der Waals surface area contributed by atoms with Crippen LogP contribution in [0, 0.1) is 6.92 Å². The highest BCUT2D eigenvalue weighted by Gasteiger charge is 2.15. The van der Waals surface area contributed by atoms with E-state index in [1.807, 2.05) is 32.2 Å². The predicted molar refractivity (Wildman–Crippen MR) is 80.8 cm³/mol. The number of nitrogens with two attached hydrogens (primary N) is 1. The second-order valence-electron chi connectivity index (χ2n) is 5.26. The summed E-state index contributed by atoms with van der Waals surface area (Å²) in [5.74, 6) is 0.101. The smallest absolute Gasteiger partial charge is 0.276 e. The van der Waals surface area contributed by atoms with Gasteiger partial charge in [-0.3, -0.25) is 9.48 Å². The molecule has 106 valence electrons. The number of anilines is 2. The molecule has 0 saturated carbocycles. The van der Waals surface area contributed by atoms with Crippen LogP contribution in [0.5, 0.6) is 0 Å². The molecule has 2 aromatic rings. The van der Waals surface area contributed by atoms with Gasteiger partial charge >= 0.3 is 0 Å². The van der Waals surface area contributed by atoms with Crippen LogP contribution in [-0.2, 0) is 7.05 Å². The molecule has 0 spiro atoms. The van der Waals surface area contributed by atoms with Crippen molar-refractivity contribution < 1.29 is 4.79 Å². The fourth-order valence-electron chi connectivity index (χ4n) is 2.09. The summed E-state index contributed by atoms with van der Waals surface area (Å²) in [5.41, 5.74) is 9.48. The van der Waals surface area contributed by atoms with Gasteiger partial charge in [0, 0.05) is 24.1 Å². The first-order valence-electron chi connectivity index (χ1n) is 6.60. The highest BCUT2D eigenvalue weighted by molar-refractivity contribution is 6.03.